The summed E-state index contributed by atoms with van der Waals surface area (Å²) in [6, 6.07) is 18.4. The molecular weight excluding hydrogens is 272 g/mol. The Morgan fingerprint density at radius 1 is 1.14 bits per heavy atom. The number of carbonyl (C=O) groups excluding carboxylic acids is 1. The smallest absolute Gasteiger partial charge is 0.240 e. The molecule has 1 amide bonds. The molecule has 2 aromatic carbocycles. The summed E-state index contributed by atoms with van der Waals surface area (Å²) < 4.78 is 0. The van der Waals surface area contributed by atoms with Crippen LogP contribution in [-0.4, -0.2) is 19.0 Å². The summed E-state index contributed by atoms with van der Waals surface area (Å²) in [4.78, 5) is 14.3. The van der Waals surface area contributed by atoms with Crippen molar-refractivity contribution in [2.75, 3.05) is 18.0 Å². The first-order valence-electron chi connectivity index (χ1n) is 7.77. The average Bonchev–Trinajstić information content (AvgIpc) is 2.54. The quantitative estimate of drug-likeness (QED) is 0.881. The number of aryl methyl sites for hydroxylation is 1. The number of hydrogen-bond donors (Lipinski definition) is 1. The van der Waals surface area contributed by atoms with Gasteiger partial charge in [-0.15, -0.1) is 0 Å². The van der Waals surface area contributed by atoms with E-state index in [1.165, 1.54) is 5.56 Å². The molecule has 0 bridgehead atoms. The van der Waals surface area contributed by atoms with E-state index < -0.39 is 0 Å². The maximum Gasteiger partial charge on any atom is 0.240 e. The Balaban J connectivity index is 1.98. The number of nitrogens with one attached hydrogen (secondary N) is 1. The van der Waals surface area contributed by atoms with Crippen molar-refractivity contribution in [3.8, 4) is 0 Å². The summed E-state index contributed by atoms with van der Waals surface area (Å²) in [7, 11) is 0. The number of amides is 1. The van der Waals surface area contributed by atoms with Gasteiger partial charge in [0.05, 0.1) is 6.54 Å². The lowest BCUT2D eigenvalue weighted by atomic mass is 10.1. The van der Waals surface area contributed by atoms with Crippen molar-refractivity contribution in [2.24, 2.45) is 0 Å². The molecule has 3 heteroatoms. The van der Waals surface area contributed by atoms with Crippen LogP contribution in [0.15, 0.2) is 54.6 Å². The van der Waals surface area contributed by atoms with Crippen molar-refractivity contribution in [1.29, 1.82) is 0 Å². The van der Waals surface area contributed by atoms with E-state index in [4.69, 9.17) is 0 Å². The van der Waals surface area contributed by atoms with Crippen LogP contribution < -0.4 is 10.2 Å². The molecule has 2 aromatic rings. The zero-order chi connectivity index (χ0) is 15.9. The van der Waals surface area contributed by atoms with Crippen LogP contribution in [0.25, 0.3) is 0 Å². The number of nitrogens with zero attached hydrogens (tertiary/aromatic N) is 1. The molecule has 0 aliphatic carbocycles. The van der Waals surface area contributed by atoms with E-state index in [1.54, 1.807) is 0 Å². The van der Waals surface area contributed by atoms with Gasteiger partial charge in [0.2, 0.25) is 5.91 Å². The lowest BCUT2D eigenvalue weighted by molar-refractivity contribution is -0.117. The van der Waals surface area contributed by atoms with E-state index >= 15 is 0 Å². The molecule has 0 saturated carbocycles. The zero-order valence-electron chi connectivity index (χ0n) is 13.5. The molecule has 1 N–H and O–H groups in total. The van der Waals surface area contributed by atoms with Gasteiger partial charge in [0.25, 0.3) is 0 Å². The molecule has 0 spiro atoms. The lowest BCUT2D eigenvalue weighted by Crippen LogP contribution is -2.39. The van der Waals surface area contributed by atoms with Crippen molar-refractivity contribution in [1.82, 2.24) is 5.32 Å². The fourth-order valence-electron chi connectivity index (χ4n) is 2.49. The standard InChI is InChI=1S/C19H24N2O/c1-4-21(18-12-8-9-15(2)13-18)19(22)14-20-16(3)17-10-6-5-7-11-17/h5-13,16,20H,4,14H2,1-3H3. The molecule has 0 aromatic heterocycles. The summed E-state index contributed by atoms with van der Waals surface area (Å²) >= 11 is 0. The van der Waals surface area contributed by atoms with Crippen molar-refractivity contribution < 1.29 is 4.79 Å². The van der Waals surface area contributed by atoms with Gasteiger partial charge in [-0.1, -0.05) is 42.5 Å². The third kappa shape index (κ3) is 4.18. The molecule has 1 atom stereocenters. The molecule has 0 heterocycles. The van der Waals surface area contributed by atoms with Gasteiger partial charge in [-0.2, -0.15) is 0 Å². The highest BCUT2D eigenvalue weighted by atomic mass is 16.2. The van der Waals surface area contributed by atoms with E-state index in [9.17, 15) is 4.79 Å². The molecule has 116 valence electrons. The Labute approximate surface area is 133 Å². The number of carbonyl (C=O) groups is 1. The largest absolute Gasteiger partial charge is 0.312 e. The Morgan fingerprint density at radius 3 is 2.50 bits per heavy atom. The molecular formula is C19H24N2O. The zero-order valence-corrected chi connectivity index (χ0v) is 13.5. The molecule has 3 nitrogen and oxygen atoms in total. The fourth-order valence-corrected chi connectivity index (χ4v) is 2.49. The molecule has 22 heavy (non-hydrogen) atoms. The van der Waals surface area contributed by atoms with Crippen LogP contribution >= 0.6 is 0 Å². The van der Waals surface area contributed by atoms with Gasteiger partial charge in [-0.05, 0) is 44.0 Å². The van der Waals surface area contributed by atoms with Gasteiger partial charge < -0.3 is 10.2 Å². The highest BCUT2D eigenvalue weighted by molar-refractivity contribution is 5.94. The Morgan fingerprint density at radius 2 is 1.86 bits per heavy atom. The van der Waals surface area contributed by atoms with E-state index in [0.717, 1.165) is 11.3 Å². The molecule has 0 aliphatic heterocycles. The Bertz CT molecular complexity index is 610. The highest BCUT2D eigenvalue weighted by Crippen LogP contribution is 2.16. The van der Waals surface area contributed by atoms with Crippen LogP contribution in [0.2, 0.25) is 0 Å². The summed E-state index contributed by atoms with van der Waals surface area (Å²) in [5, 5.41) is 3.31. The minimum atomic E-state index is 0.0934. The average molecular weight is 296 g/mol. The van der Waals surface area contributed by atoms with Gasteiger partial charge in [0.1, 0.15) is 0 Å². The van der Waals surface area contributed by atoms with Crippen LogP contribution in [0.1, 0.15) is 31.0 Å². The molecule has 0 aliphatic rings. The van der Waals surface area contributed by atoms with Crippen LogP contribution in [0, 0.1) is 6.92 Å². The summed E-state index contributed by atoms with van der Waals surface area (Å²) in [6.07, 6.45) is 0. The van der Waals surface area contributed by atoms with Crippen molar-refractivity contribution in [3.63, 3.8) is 0 Å². The first kappa shape index (κ1) is 16.2. The number of anilines is 1. The van der Waals surface area contributed by atoms with E-state index in [0.29, 0.717) is 13.1 Å². The van der Waals surface area contributed by atoms with Gasteiger partial charge in [0, 0.05) is 18.3 Å². The second-order valence-corrected chi connectivity index (χ2v) is 5.49. The van der Waals surface area contributed by atoms with Gasteiger partial charge in [-0.3, -0.25) is 4.79 Å². The van der Waals surface area contributed by atoms with Gasteiger partial charge in [0.15, 0.2) is 0 Å². The molecule has 1 unspecified atom stereocenters. The Kier molecular flexibility index (Phi) is 5.73. The second kappa shape index (κ2) is 7.76. The third-order valence-corrected chi connectivity index (χ3v) is 3.79. The predicted molar refractivity (Wildman–Crippen MR) is 92.1 cm³/mol. The number of rotatable bonds is 6. The first-order valence-corrected chi connectivity index (χ1v) is 7.77. The Hall–Kier alpha value is -2.13. The molecule has 0 radical (unpaired) electrons. The number of benzene rings is 2. The molecule has 2 rings (SSSR count). The van der Waals surface area contributed by atoms with E-state index in [1.807, 2.05) is 61.2 Å². The highest BCUT2D eigenvalue weighted by Gasteiger charge is 2.15. The lowest BCUT2D eigenvalue weighted by Gasteiger charge is -2.23. The van der Waals surface area contributed by atoms with Crippen LogP contribution in [0.3, 0.4) is 0 Å². The fraction of sp³-hybridized carbons (Fsp3) is 0.316. The summed E-state index contributed by atoms with van der Waals surface area (Å²) in [5.41, 5.74) is 3.31. The number of likely N-dealkylation sites (N-methyl/N-ethyl adjacent to an activating group) is 1. The van der Waals surface area contributed by atoms with Crippen LogP contribution in [-0.2, 0) is 4.79 Å². The topological polar surface area (TPSA) is 32.3 Å². The normalized spacial score (nSPS) is 12.0. The molecule has 0 fully saturated rings. The minimum absolute atomic E-state index is 0.0934. The second-order valence-electron chi connectivity index (χ2n) is 5.49. The maximum atomic E-state index is 12.5. The maximum absolute atomic E-state index is 12.5. The third-order valence-electron chi connectivity index (χ3n) is 3.79. The summed E-state index contributed by atoms with van der Waals surface area (Å²) in [6.45, 7) is 7.12. The van der Waals surface area contributed by atoms with Crippen molar-refractivity contribution in [3.05, 3.63) is 65.7 Å². The summed E-state index contributed by atoms with van der Waals surface area (Å²) in [5.74, 6) is 0.0934. The first-order chi connectivity index (χ1) is 10.6. The van der Waals surface area contributed by atoms with E-state index in [-0.39, 0.29) is 11.9 Å². The van der Waals surface area contributed by atoms with Crippen LogP contribution in [0.5, 0.6) is 0 Å². The monoisotopic (exact) mass is 296 g/mol. The minimum Gasteiger partial charge on any atom is -0.312 e. The van der Waals surface area contributed by atoms with Crippen LogP contribution in [0.4, 0.5) is 5.69 Å². The predicted octanol–water partition coefficient (Wildman–Crippen LogP) is 3.70. The van der Waals surface area contributed by atoms with Gasteiger partial charge >= 0.3 is 0 Å². The van der Waals surface area contributed by atoms with Crippen molar-refractivity contribution in [2.45, 2.75) is 26.8 Å². The number of hydrogen-bond acceptors (Lipinski definition) is 2. The van der Waals surface area contributed by atoms with Crippen molar-refractivity contribution >= 4 is 11.6 Å². The molecule has 0 saturated heterocycles. The van der Waals surface area contributed by atoms with E-state index in [2.05, 4.69) is 24.4 Å². The SMILES string of the molecule is CCN(C(=O)CNC(C)c1ccccc1)c1cccc(C)c1. The van der Waals surface area contributed by atoms with Gasteiger partial charge in [-0.25, -0.2) is 0 Å².